The normalized spacial score (nSPS) is 12.7. The minimum atomic E-state index is 0.277. The van der Waals surface area contributed by atoms with Crippen molar-refractivity contribution in [2.45, 2.75) is 6.54 Å². The van der Waals surface area contributed by atoms with Gasteiger partial charge in [0, 0.05) is 24.2 Å². The fourth-order valence-corrected chi connectivity index (χ4v) is 3.45. The first kappa shape index (κ1) is 16.0. The standard InChI is InChI=1S/C22H16N4O3/c1-2-4-17-15(3-1)10-19(29-17)16-11-22-24-21(7-8-26(22)25-16)23-12-14-5-6-18-20(9-14)28-13-27-18/h1-11H,12-13H2,(H,23,24). The summed E-state index contributed by atoms with van der Waals surface area (Å²) in [6, 6.07) is 19.6. The number of para-hydroxylation sites is 1. The van der Waals surface area contributed by atoms with Gasteiger partial charge in [-0.1, -0.05) is 24.3 Å². The van der Waals surface area contributed by atoms with E-state index in [0.717, 1.165) is 51.0 Å². The summed E-state index contributed by atoms with van der Waals surface area (Å²) in [5, 5.41) is 8.98. The topological polar surface area (TPSA) is 73.8 Å². The highest BCUT2D eigenvalue weighted by Crippen LogP contribution is 2.32. The number of hydrogen-bond acceptors (Lipinski definition) is 6. The molecule has 5 aromatic rings. The molecule has 0 fully saturated rings. The summed E-state index contributed by atoms with van der Waals surface area (Å²) < 4.78 is 18.4. The van der Waals surface area contributed by atoms with Crippen LogP contribution in [0.5, 0.6) is 11.5 Å². The molecule has 0 bridgehead atoms. The van der Waals surface area contributed by atoms with Gasteiger partial charge in [-0.05, 0) is 35.9 Å². The van der Waals surface area contributed by atoms with Gasteiger partial charge in [-0.3, -0.25) is 0 Å². The molecule has 0 amide bonds. The summed E-state index contributed by atoms with van der Waals surface area (Å²) in [7, 11) is 0. The molecule has 6 rings (SSSR count). The molecule has 1 aliphatic heterocycles. The van der Waals surface area contributed by atoms with Gasteiger partial charge in [-0.2, -0.15) is 5.10 Å². The molecular weight excluding hydrogens is 368 g/mol. The minimum Gasteiger partial charge on any atom is -0.454 e. The highest BCUT2D eigenvalue weighted by atomic mass is 16.7. The maximum Gasteiger partial charge on any atom is 0.231 e. The van der Waals surface area contributed by atoms with Crippen molar-refractivity contribution in [3.05, 3.63) is 72.4 Å². The Morgan fingerprint density at radius 3 is 2.86 bits per heavy atom. The van der Waals surface area contributed by atoms with Crippen molar-refractivity contribution >= 4 is 22.4 Å². The molecule has 142 valence electrons. The molecule has 2 aromatic carbocycles. The number of aromatic nitrogens is 3. The number of hydrogen-bond donors (Lipinski definition) is 1. The summed E-state index contributed by atoms with van der Waals surface area (Å²) in [5.74, 6) is 3.06. The molecule has 4 heterocycles. The van der Waals surface area contributed by atoms with Crippen LogP contribution in [0.1, 0.15) is 5.56 Å². The molecule has 0 spiro atoms. The summed E-state index contributed by atoms with van der Waals surface area (Å²) >= 11 is 0. The summed E-state index contributed by atoms with van der Waals surface area (Å²) in [4.78, 5) is 4.65. The zero-order valence-electron chi connectivity index (χ0n) is 15.3. The number of fused-ring (bicyclic) bond motifs is 3. The number of nitrogens with one attached hydrogen (secondary N) is 1. The van der Waals surface area contributed by atoms with Crippen molar-refractivity contribution in [2.24, 2.45) is 0 Å². The van der Waals surface area contributed by atoms with Crippen molar-refractivity contribution in [2.75, 3.05) is 12.1 Å². The van der Waals surface area contributed by atoms with Crippen molar-refractivity contribution in [3.8, 4) is 23.0 Å². The van der Waals surface area contributed by atoms with Gasteiger partial charge < -0.3 is 19.2 Å². The number of nitrogens with zero attached hydrogens (tertiary/aromatic N) is 3. The van der Waals surface area contributed by atoms with Crippen LogP contribution in [0.25, 0.3) is 28.1 Å². The maximum absolute atomic E-state index is 5.91. The average Bonchev–Trinajstić information content (AvgIpc) is 3.48. The summed E-state index contributed by atoms with van der Waals surface area (Å²) in [6.07, 6.45) is 1.89. The van der Waals surface area contributed by atoms with Gasteiger partial charge in [-0.25, -0.2) is 9.50 Å². The van der Waals surface area contributed by atoms with Crippen molar-refractivity contribution in [1.82, 2.24) is 14.6 Å². The fourth-order valence-electron chi connectivity index (χ4n) is 3.45. The lowest BCUT2D eigenvalue weighted by atomic mass is 10.2. The van der Waals surface area contributed by atoms with Gasteiger partial charge in [0.15, 0.2) is 22.9 Å². The molecule has 7 nitrogen and oxygen atoms in total. The SMILES string of the molecule is c1ccc2oc(-c3cc4nc(NCc5ccc6c(c5)OCO6)ccn4n3)cc2c1. The van der Waals surface area contributed by atoms with Gasteiger partial charge in [0.25, 0.3) is 0 Å². The Hall–Kier alpha value is -4.00. The summed E-state index contributed by atoms with van der Waals surface area (Å²) in [5.41, 5.74) is 3.43. The van der Waals surface area contributed by atoms with E-state index in [1.54, 1.807) is 4.52 Å². The highest BCUT2D eigenvalue weighted by molar-refractivity contribution is 5.82. The minimum absolute atomic E-state index is 0.277. The molecule has 0 saturated heterocycles. The summed E-state index contributed by atoms with van der Waals surface area (Å²) in [6.45, 7) is 0.906. The van der Waals surface area contributed by atoms with Gasteiger partial charge in [0.05, 0.1) is 0 Å². The lowest BCUT2D eigenvalue weighted by Crippen LogP contribution is -2.02. The average molecular weight is 384 g/mol. The smallest absolute Gasteiger partial charge is 0.231 e. The van der Waals surface area contributed by atoms with Crippen LogP contribution in [0.3, 0.4) is 0 Å². The molecule has 29 heavy (non-hydrogen) atoms. The van der Waals surface area contributed by atoms with Gasteiger partial charge in [0.2, 0.25) is 6.79 Å². The number of benzene rings is 2. The van der Waals surface area contributed by atoms with E-state index in [9.17, 15) is 0 Å². The van der Waals surface area contributed by atoms with Gasteiger partial charge in [0.1, 0.15) is 17.1 Å². The zero-order chi connectivity index (χ0) is 19.2. The lowest BCUT2D eigenvalue weighted by molar-refractivity contribution is 0.174. The lowest BCUT2D eigenvalue weighted by Gasteiger charge is -2.06. The van der Waals surface area contributed by atoms with E-state index in [-0.39, 0.29) is 6.79 Å². The first-order valence-corrected chi connectivity index (χ1v) is 9.30. The van der Waals surface area contributed by atoms with Crippen LogP contribution in [0.2, 0.25) is 0 Å². The molecule has 0 aliphatic carbocycles. The molecule has 1 aliphatic rings. The Kier molecular flexibility index (Phi) is 3.46. The van der Waals surface area contributed by atoms with Gasteiger partial charge in [-0.15, -0.1) is 0 Å². The van der Waals surface area contributed by atoms with Crippen LogP contribution in [0.4, 0.5) is 5.82 Å². The number of rotatable bonds is 4. The molecule has 1 N–H and O–H groups in total. The first-order valence-electron chi connectivity index (χ1n) is 9.30. The third-order valence-electron chi connectivity index (χ3n) is 4.91. The Morgan fingerprint density at radius 2 is 1.90 bits per heavy atom. The van der Waals surface area contributed by atoms with Gasteiger partial charge >= 0.3 is 0 Å². The molecular formula is C22H16N4O3. The maximum atomic E-state index is 5.91. The van der Waals surface area contributed by atoms with E-state index in [4.69, 9.17) is 13.9 Å². The second-order valence-corrected chi connectivity index (χ2v) is 6.83. The predicted molar refractivity (Wildman–Crippen MR) is 108 cm³/mol. The second-order valence-electron chi connectivity index (χ2n) is 6.83. The molecule has 7 heteroatoms. The Morgan fingerprint density at radius 1 is 0.966 bits per heavy atom. The first-order chi connectivity index (χ1) is 14.3. The van der Waals surface area contributed by atoms with Crippen LogP contribution in [-0.2, 0) is 6.54 Å². The van der Waals surface area contributed by atoms with Crippen LogP contribution >= 0.6 is 0 Å². The van der Waals surface area contributed by atoms with Crippen molar-refractivity contribution in [1.29, 1.82) is 0 Å². The number of furan rings is 1. The fraction of sp³-hybridized carbons (Fsp3) is 0.0909. The number of ether oxygens (including phenoxy) is 2. The van der Waals surface area contributed by atoms with E-state index in [0.29, 0.717) is 6.54 Å². The van der Waals surface area contributed by atoms with E-state index in [2.05, 4.69) is 15.4 Å². The molecule has 0 atom stereocenters. The van der Waals surface area contributed by atoms with Crippen LogP contribution in [0.15, 0.2) is 71.3 Å². The Balaban J connectivity index is 1.25. The van der Waals surface area contributed by atoms with Crippen molar-refractivity contribution in [3.63, 3.8) is 0 Å². The largest absolute Gasteiger partial charge is 0.454 e. The Labute approximate surface area is 165 Å². The predicted octanol–water partition coefficient (Wildman–Crippen LogP) is 4.48. The zero-order valence-corrected chi connectivity index (χ0v) is 15.3. The second kappa shape index (κ2) is 6.27. The molecule has 0 unspecified atom stereocenters. The molecule has 0 radical (unpaired) electrons. The third kappa shape index (κ3) is 2.84. The number of anilines is 1. The Bertz CT molecular complexity index is 1320. The van der Waals surface area contributed by atoms with Crippen LogP contribution in [-0.4, -0.2) is 21.4 Å². The highest BCUT2D eigenvalue weighted by Gasteiger charge is 2.14. The third-order valence-corrected chi connectivity index (χ3v) is 4.91. The molecule has 3 aromatic heterocycles. The van der Waals surface area contributed by atoms with E-state index >= 15 is 0 Å². The monoisotopic (exact) mass is 384 g/mol. The quantitative estimate of drug-likeness (QED) is 0.492. The van der Waals surface area contributed by atoms with E-state index in [1.165, 1.54) is 0 Å². The molecule has 0 saturated carbocycles. The van der Waals surface area contributed by atoms with E-state index in [1.807, 2.05) is 66.9 Å². The van der Waals surface area contributed by atoms with Crippen LogP contribution in [0, 0.1) is 0 Å². The van der Waals surface area contributed by atoms with Crippen LogP contribution < -0.4 is 14.8 Å². The van der Waals surface area contributed by atoms with Crippen molar-refractivity contribution < 1.29 is 13.9 Å². The van der Waals surface area contributed by atoms with E-state index < -0.39 is 0 Å².